The molecule has 5 nitrogen and oxygen atoms in total. The van der Waals surface area contributed by atoms with E-state index in [1.54, 1.807) is 13.3 Å². The fourth-order valence-electron chi connectivity index (χ4n) is 1.95. The van der Waals surface area contributed by atoms with E-state index in [4.69, 9.17) is 0 Å². The number of amides is 1. The number of aromatic nitrogens is 2. The number of benzene rings is 1. The molecule has 0 unspecified atom stereocenters. The highest BCUT2D eigenvalue weighted by Gasteiger charge is 2.05. The molecule has 1 amide bonds. The van der Waals surface area contributed by atoms with Crippen LogP contribution in [0.2, 0.25) is 0 Å². The van der Waals surface area contributed by atoms with Gasteiger partial charge in [-0.1, -0.05) is 12.1 Å². The lowest BCUT2D eigenvalue weighted by atomic mass is 10.1. The van der Waals surface area contributed by atoms with Gasteiger partial charge in [-0.3, -0.25) is 4.79 Å². The monoisotopic (exact) mass is 273 g/mol. The highest BCUT2D eigenvalue weighted by atomic mass is 16.3. The molecule has 1 aromatic heterocycles. The maximum absolute atomic E-state index is 10.8. The van der Waals surface area contributed by atoms with Crippen molar-refractivity contribution in [1.29, 1.82) is 0 Å². The van der Waals surface area contributed by atoms with Crippen molar-refractivity contribution in [2.75, 3.05) is 6.54 Å². The number of hydrogen-bond acceptors (Lipinski definition) is 3. The van der Waals surface area contributed by atoms with E-state index in [0.717, 1.165) is 16.9 Å². The summed E-state index contributed by atoms with van der Waals surface area (Å²) in [6.07, 6.45) is 3.88. The first kappa shape index (κ1) is 14.3. The van der Waals surface area contributed by atoms with Crippen LogP contribution < -0.4 is 5.32 Å². The number of nitrogens with zero attached hydrogens (tertiary/aromatic N) is 2. The van der Waals surface area contributed by atoms with Gasteiger partial charge in [0.2, 0.25) is 5.91 Å². The Hall–Kier alpha value is -2.14. The SMILES string of the molecule is CC(=O)NCCc1cn(-c2cccc([C@@H](C)O)c2)cn1. The summed E-state index contributed by atoms with van der Waals surface area (Å²) in [4.78, 5) is 15.1. The second-order valence-electron chi connectivity index (χ2n) is 4.78. The number of nitrogens with one attached hydrogen (secondary N) is 1. The fourth-order valence-corrected chi connectivity index (χ4v) is 1.95. The van der Waals surface area contributed by atoms with Gasteiger partial charge >= 0.3 is 0 Å². The lowest BCUT2D eigenvalue weighted by Crippen LogP contribution is -2.22. The summed E-state index contributed by atoms with van der Waals surface area (Å²) in [7, 11) is 0. The van der Waals surface area contributed by atoms with Crippen LogP contribution in [0.25, 0.3) is 5.69 Å². The minimum Gasteiger partial charge on any atom is -0.389 e. The van der Waals surface area contributed by atoms with Crippen LogP contribution in [0.3, 0.4) is 0 Å². The molecule has 0 aliphatic rings. The first-order valence-electron chi connectivity index (χ1n) is 6.62. The Morgan fingerprint density at radius 3 is 3.00 bits per heavy atom. The second kappa shape index (κ2) is 6.34. The predicted molar refractivity (Wildman–Crippen MR) is 76.6 cm³/mol. The lowest BCUT2D eigenvalue weighted by Gasteiger charge is -2.07. The van der Waals surface area contributed by atoms with Gasteiger partial charge in [0.15, 0.2) is 0 Å². The van der Waals surface area contributed by atoms with Crippen molar-refractivity contribution < 1.29 is 9.90 Å². The number of aliphatic hydroxyl groups excluding tert-OH is 1. The highest BCUT2D eigenvalue weighted by Crippen LogP contribution is 2.16. The van der Waals surface area contributed by atoms with Crippen LogP contribution in [-0.2, 0) is 11.2 Å². The van der Waals surface area contributed by atoms with Crippen LogP contribution in [-0.4, -0.2) is 27.1 Å². The van der Waals surface area contributed by atoms with Crippen molar-refractivity contribution in [1.82, 2.24) is 14.9 Å². The molecule has 2 rings (SSSR count). The Morgan fingerprint density at radius 1 is 1.50 bits per heavy atom. The van der Waals surface area contributed by atoms with Gasteiger partial charge in [-0.2, -0.15) is 0 Å². The topological polar surface area (TPSA) is 67.2 Å². The summed E-state index contributed by atoms with van der Waals surface area (Å²) < 4.78 is 1.91. The van der Waals surface area contributed by atoms with E-state index in [1.165, 1.54) is 6.92 Å². The zero-order valence-electron chi connectivity index (χ0n) is 11.7. The zero-order chi connectivity index (χ0) is 14.5. The van der Waals surface area contributed by atoms with E-state index >= 15 is 0 Å². The Kier molecular flexibility index (Phi) is 4.53. The van der Waals surface area contributed by atoms with E-state index in [0.29, 0.717) is 13.0 Å². The molecule has 1 heterocycles. The van der Waals surface area contributed by atoms with Crippen molar-refractivity contribution in [3.8, 4) is 5.69 Å². The van der Waals surface area contributed by atoms with Crippen molar-refractivity contribution in [2.24, 2.45) is 0 Å². The van der Waals surface area contributed by atoms with Gasteiger partial charge in [0.25, 0.3) is 0 Å². The minimum atomic E-state index is -0.488. The summed E-state index contributed by atoms with van der Waals surface area (Å²) in [5.74, 6) is -0.0333. The predicted octanol–water partition coefficient (Wildman–Crippen LogP) is 1.60. The Labute approximate surface area is 118 Å². The first-order chi connectivity index (χ1) is 9.56. The minimum absolute atomic E-state index is 0.0333. The van der Waals surface area contributed by atoms with E-state index in [2.05, 4.69) is 10.3 Å². The van der Waals surface area contributed by atoms with E-state index in [-0.39, 0.29) is 5.91 Å². The third-order valence-corrected chi connectivity index (χ3v) is 3.04. The Balaban J connectivity index is 2.08. The molecular formula is C15H19N3O2. The number of carbonyl (C=O) groups excluding carboxylic acids is 1. The normalized spacial score (nSPS) is 12.2. The third kappa shape index (κ3) is 3.68. The number of rotatable bonds is 5. The van der Waals surface area contributed by atoms with Crippen molar-refractivity contribution in [3.63, 3.8) is 0 Å². The van der Waals surface area contributed by atoms with Gasteiger partial charge in [0.1, 0.15) is 0 Å². The number of imidazole rings is 1. The molecule has 0 radical (unpaired) electrons. The summed E-state index contributed by atoms with van der Waals surface area (Å²) in [6, 6.07) is 7.70. The van der Waals surface area contributed by atoms with Crippen LogP contribution in [0.5, 0.6) is 0 Å². The summed E-state index contributed by atoms with van der Waals surface area (Å²) in [6.45, 7) is 3.83. The smallest absolute Gasteiger partial charge is 0.216 e. The molecule has 0 saturated carbocycles. The molecule has 0 bridgehead atoms. The summed E-state index contributed by atoms with van der Waals surface area (Å²) in [5.41, 5.74) is 2.75. The van der Waals surface area contributed by atoms with Crippen LogP contribution in [0.15, 0.2) is 36.8 Å². The molecule has 0 aliphatic heterocycles. The molecule has 20 heavy (non-hydrogen) atoms. The number of aliphatic hydroxyl groups is 1. The maximum Gasteiger partial charge on any atom is 0.216 e. The quantitative estimate of drug-likeness (QED) is 0.869. The summed E-state index contributed by atoms with van der Waals surface area (Å²) in [5, 5.41) is 12.3. The van der Waals surface area contributed by atoms with Crippen molar-refractivity contribution in [3.05, 3.63) is 48.0 Å². The largest absolute Gasteiger partial charge is 0.389 e. The third-order valence-electron chi connectivity index (χ3n) is 3.04. The van der Waals surface area contributed by atoms with Gasteiger partial charge in [0, 0.05) is 31.8 Å². The number of hydrogen-bond donors (Lipinski definition) is 2. The molecular weight excluding hydrogens is 254 g/mol. The first-order valence-corrected chi connectivity index (χ1v) is 6.62. The van der Waals surface area contributed by atoms with E-state index in [9.17, 15) is 9.90 Å². The average molecular weight is 273 g/mol. The molecule has 0 fully saturated rings. The lowest BCUT2D eigenvalue weighted by molar-refractivity contribution is -0.118. The van der Waals surface area contributed by atoms with E-state index in [1.807, 2.05) is 35.0 Å². The molecule has 5 heteroatoms. The fraction of sp³-hybridized carbons (Fsp3) is 0.333. The molecule has 2 aromatic rings. The molecule has 0 saturated heterocycles. The number of carbonyl (C=O) groups is 1. The van der Waals surface area contributed by atoms with Gasteiger partial charge in [0.05, 0.1) is 18.1 Å². The maximum atomic E-state index is 10.8. The molecule has 1 atom stereocenters. The highest BCUT2D eigenvalue weighted by molar-refractivity contribution is 5.72. The summed E-state index contributed by atoms with van der Waals surface area (Å²) >= 11 is 0. The van der Waals surface area contributed by atoms with Crippen LogP contribution >= 0.6 is 0 Å². The molecule has 106 valence electrons. The Bertz CT molecular complexity index is 590. The standard InChI is InChI=1S/C15H19N3O2/c1-11(19)13-4-3-5-15(8-13)18-9-14(17-10-18)6-7-16-12(2)20/h3-5,8-11,19H,6-7H2,1-2H3,(H,16,20)/t11-/m1/s1. The van der Waals surface area contributed by atoms with Crippen LogP contribution in [0.1, 0.15) is 31.2 Å². The molecule has 2 N–H and O–H groups in total. The van der Waals surface area contributed by atoms with Gasteiger partial charge in [-0.25, -0.2) is 4.98 Å². The average Bonchev–Trinajstić information content (AvgIpc) is 2.87. The van der Waals surface area contributed by atoms with Gasteiger partial charge < -0.3 is 15.0 Å². The second-order valence-corrected chi connectivity index (χ2v) is 4.78. The zero-order valence-corrected chi connectivity index (χ0v) is 11.7. The molecule has 0 aliphatic carbocycles. The molecule has 1 aromatic carbocycles. The van der Waals surface area contributed by atoms with Crippen LogP contribution in [0.4, 0.5) is 0 Å². The van der Waals surface area contributed by atoms with Crippen LogP contribution in [0, 0.1) is 0 Å². The van der Waals surface area contributed by atoms with Crippen molar-refractivity contribution in [2.45, 2.75) is 26.4 Å². The van der Waals surface area contributed by atoms with E-state index < -0.39 is 6.10 Å². The van der Waals surface area contributed by atoms with Gasteiger partial charge in [-0.15, -0.1) is 0 Å². The van der Waals surface area contributed by atoms with Crippen molar-refractivity contribution >= 4 is 5.91 Å². The van der Waals surface area contributed by atoms with Gasteiger partial charge in [-0.05, 0) is 24.6 Å². The Morgan fingerprint density at radius 2 is 2.30 bits per heavy atom. The molecule has 0 spiro atoms.